The first-order chi connectivity index (χ1) is 7.70. The van der Waals surface area contributed by atoms with Gasteiger partial charge in [0.25, 0.3) is 0 Å². The van der Waals surface area contributed by atoms with Gasteiger partial charge in [-0.1, -0.05) is 12.8 Å². The second-order valence-corrected chi connectivity index (χ2v) is 4.76. The average Bonchev–Trinajstić information content (AvgIpc) is 2.28. The molecule has 0 spiro atoms. The second-order valence-electron chi connectivity index (χ2n) is 4.76. The zero-order valence-corrected chi connectivity index (χ0v) is 10.4. The second kappa shape index (κ2) is 7.63. The Morgan fingerprint density at radius 3 is 2.62 bits per heavy atom. The van der Waals surface area contributed by atoms with Gasteiger partial charge in [0.2, 0.25) is 5.91 Å². The Labute approximate surface area is 98.6 Å². The number of nitrogens with zero attached hydrogens (tertiary/aromatic N) is 1. The van der Waals surface area contributed by atoms with Gasteiger partial charge in [0.1, 0.15) is 0 Å². The summed E-state index contributed by atoms with van der Waals surface area (Å²) in [6, 6.07) is -0.314. The molecule has 0 bridgehead atoms. The molecule has 0 radical (unpaired) electrons. The quantitative estimate of drug-likeness (QED) is 0.641. The standard InChI is InChI=1S/C12H25N3O/c1-15-9-5-2-4-8-14-12(16)11(13)7-3-6-10-15/h11H,2-10,13H2,1H3,(H,14,16)/t11-/m0/s1. The zero-order valence-electron chi connectivity index (χ0n) is 10.4. The fourth-order valence-corrected chi connectivity index (χ4v) is 2.02. The molecule has 1 aliphatic heterocycles. The zero-order chi connectivity index (χ0) is 11.8. The lowest BCUT2D eigenvalue weighted by atomic mass is 10.1. The number of carbonyl (C=O) groups is 1. The third-order valence-electron chi connectivity index (χ3n) is 3.16. The minimum absolute atomic E-state index is 0.0209. The van der Waals surface area contributed by atoms with Crippen molar-refractivity contribution in [2.75, 3.05) is 26.7 Å². The summed E-state index contributed by atoms with van der Waals surface area (Å²) in [6.45, 7) is 3.06. The average molecular weight is 227 g/mol. The Morgan fingerprint density at radius 2 is 1.88 bits per heavy atom. The van der Waals surface area contributed by atoms with E-state index in [2.05, 4.69) is 17.3 Å². The highest BCUT2D eigenvalue weighted by Gasteiger charge is 2.12. The highest BCUT2D eigenvalue weighted by molar-refractivity contribution is 5.81. The molecule has 1 amide bonds. The van der Waals surface area contributed by atoms with Crippen LogP contribution in [-0.2, 0) is 4.79 Å². The van der Waals surface area contributed by atoms with Crippen molar-refractivity contribution < 1.29 is 4.79 Å². The van der Waals surface area contributed by atoms with Crippen molar-refractivity contribution in [3.05, 3.63) is 0 Å². The molecule has 1 saturated heterocycles. The summed E-state index contributed by atoms with van der Waals surface area (Å²) < 4.78 is 0. The van der Waals surface area contributed by atoms with Gasteiger partial charge in [-0.3, -0.25) is 4.79 Å². The van der Waals surface area contributed by atoms with Crippen molar-refractivity contribution in [1.29, 1.82) is 0 Å². The highest BCUT2D eigenvalue weighted by atomic mass is 16.2. The monoisotopic (exact) mass is 227 g/mol. The van der Waals surface area contributed by atoms with E-state index >= 15 is 0 Å². The van der Waals surface area contributed by atoms with E-state index in [1.165, 1.54) is 19.4 Å². The van der Waals surface area contributed by atoms with E-state index in [0.29, 0.717) is 0 Å². The number of nitrogens with two attached hydrogens (primary N) is 1. The predicted octanol–water partition coefficient (Wildman–Crippen LogP) is 0.716. The molecule has 0 saturated carbocycles. The molecule has 1 aliphatic rings. The van der Waals surface area contributed by atoms with Crippen molar-refractivity contribution in [2.24, 2.45) is 5.73 Å². The third-order valence-corrected chi connectivity index (χ3v) is 3.16. The molecular formula is C12H25N3O. The molecule has 0 aromatic rings. The Morgan fingerprint density at radius 1 is 1.19 bits per heavy atom. The van der Waals surface area contributed by atoms with Crippen LogP contribution in [0.4, 0.5) is 0 Å². The van der Waals surface area contributed by atoms with Crippen molar-refractivity contribution in [3.63, 3.8) is 0 Å². The Hall–Kier alpha value is -0.610. The maximum Gasteiger partial charge on any atom is 0.236 e. The topological polar surface area (TPSA) is 58.4 Å². The first-order valence-corrected chi connectivity index (χ1v) is 6.42. The molecule has 4 nitrogen and oxygen atoms in total. The van der Waals surface area contributed by atoms with Gasteiger partial charge in [-0.05, 0) is 45.8 Å². The summed E-state index contributed by atoms with van der Waals surface area (Å²) in [4.78, 5) is 13.9. The Kier molecular flexibility index (Phi) is 6.42. The number of rotatable bonds is 0. The minimum atomic E-state index is -0.314. The molecule has 4 heteroatoms. The molecule has 0 aromatic heterocycles. The van der Waals surface area contributed by atoms with Gasteiger partial charge in [-0.15, -0.1) is 0 Å². The van der Waals surface area contributed by atoms with E-state index < -0.39 is 0 Å². The molecular weight excluding hydrogens is 202 g/mol. The van der Waals surface area contributed by atoms with Crippen LogP contribution in [0.2, 0.25) is 0 Å². The van der Waals surface area contributed by atoms with Gasteiger partial charge in [-0.25, -0.2) is 0 Å². The predicted molar refractivity (Wildman–Crippen MR) is 66.2 cm³/mol. The van der Waals surface area contributed by atoms with Gasteiger partial charge >= 0.3 is 0 Å². The number of hydrogen-bond donors (Lipinski definition) is 2. The lowest BCUT2D eigenvalue weighted by Gasteiger charge is -2.16. The van der Waals surface area contributed by atoms with Gasteiger partial charge in [0, 0.05) is 6.54 Å². The molecule has 1 fully saturated rings. The fraction of sp³-hybridized carbons (Fsp3) is 0.917. The van der Waals surface area contributed by atoms with Gasteiger partial charge < -0.3 is 16.0 Å². The van der Waals surface area contributed by atoms with Crippen LogP contribution in [-0.4, -0.2) is 43.5 Å². The van der Waals surface area contributed by atoms with Crippen LogP contribution in [0, 0.1) is 0 Å². The molecule has 0 aliphatic carbocycles. The third kappa shape index (κ3) is 5.47. The van der Waals surface area contributed by atoms with Gasteiger partial charge in [-0.2, -0.15) is 0 Å². The van der Waals surface area contributed by atoms with Gasteiger partial charge in [0.15, 0.2) is 0 Å². The lowest BCUT2D eigenvalue weighted by molar-refractivity contribution is -0.122. The van der Waals surface area contributed by atoms with Crippen molar-refractivity contribution in [1.82, 2.24) is 10.2 Å². The van der Waals surface area contributed by atoms with E-state index in [9.17, 15) is 4.79 Å². The highest BCUT2D eigenvalue weighted by Crippen LogP contribution is 2.04. The first kappa shape index (κ1) is 13.5. The van der Waals surface area contributed by atoms with Crippen LogP contribution in [0.25, 0.3) is 0 Å². The van der Waals surface area contributed by atoms with E-state index in [1.54, 1.807) is 0 Å². The molecule has 0 aromatic carbocycles. The molecule has 94 valence electrons. The van der Waals surface area contributed by atoms with E-state index in [4.69, 9.17) is 5.73 Å². The SMILES string of the molecule is CN1CCCCCNC(=O)[C@@H](N)CCCC1. The maximum atomic E-state index is 11.5. The van der Waals surface area contributed by atoms with Crippen LogP contribution >= 0.6 is 0 Å². The van der Waals surface area contributed by atoms with Crippen LogP contribution in [0.5, 0.6) is 0 Å². The van der Waals surface area contributed by atoms with Crippen LogP contribution in [0.15, 0.2) is 0 Å². The summed E-state index contributed by atoms with van der Waals surface area (Å²) in [5.41, 5.74) is 5.81. The number of carbonyl (C=O) groups excluding carboxylic acids is 1. The summed E-state index contributed by atoms with van der Waals surface area (Å²) in [5, 5.41) is 2.90. The molecule has 1 rings (SSSR count). The van der Waals surface area contributed by atoms with E-state index in [1.807, 2.05) is 0 Å². The smallest absolute Gasteiger partial charge is 0.236 e. The number of hydrogen-bond acceptors (Lipinski definition) is 3. The van der Waals surface area contributed by atoms with Crippen LogP contribution in [0.1, 0.15) is 38.5 Å². The Bertz CT molecular complexity index is 208. The largest absolute Gasteiger partial charge is 0.355 e. The summed E-state index contributed by atoms with van der Waals surface area (Å²) in [7, 11) is 2.17. The normalized spacial score (nSPS) is 27.4. The molecule has 1 heterocycles. The molecule has 1 atom stereocenters. The number of nitrogens with one attached hydrogen (secondary N) is 1. The summed E-state index contributed by atoms with van der Waals surface area (Å²) in [6.07, 6.45) is 6.45. The first-order valence-electron chi connectivity index (χ1n) is 6.42. The van der Waals surface area contributed by atoms with E-state index in [-0.39, 0.29) is 11.9 Å². The van der Waals surface area contributed by atoms with Crippen molar-refractivity contribution in [3.8, 4) is 0 Å². The minimum Gasteiger partial charge on any atom is -0.355 e. The lowest BCUT2D eigenvalue weighted by Crippen LogP contribution is -2.40. The van der Waals surface area contributed by atoms with Crippen LogP contribution in [0.3, 0.4) is 0 Å². The van der Waals surface area contributed by atoms with E-state index in [0.717, 1.165) is 38.8 Å². The fourth-order valence-electron chi connectivity index (χ4n) is 2.02. The number of amides is 1. The Balaban J connectivity index is 2.34. The summed E-state index contributed by atoms with van der Waals surface area (Å²) >= 11 is 0. The maximum absolute atomic E-state index is 11.5. The molecule has 16 heavy (non-hydrogen) atoms. The summed E-state index contributed by atoms with van der Waals surface area (Å²) in [5.74, 6) is 0.0209. The van der Waals surface area contributed by atoms with Crippen molar-refractivity contribution >= 4 is 5.91 Å². The molecule has 3 N–H and O–H groups in total. The van der Waals surface area contributed by atoms with Gasteiger partial charge in [0.05, 0.1) is 6.04 Å². The van der Waals surface area contributed by atoms with Crippen LogP contribution < -0.4 is 11.1 Å². The van der Waals surface area contributed by atoms with Crippen molar-refractivity contribution in [2.45, 2.75) is 44.6 Å². The molecule has 0 unspecified atom stereocenters.